The first-order valence-corrected chi connectivity index (χ1v) is 7.23. The van der Waals surface area contributed by atoms with Gasteiger partial charge in [-0.2, -0.15) is 0 Å². The van der Waals surface area contributed by atoms with Crippen LogP contribution in [0.5, 0.6) is 5.75 Å². The molecule has 0 aliphatic rings. The maximum Gasteiger partial charge on any atom is 0.138 e. The maximum atomic E-state index is 13.0. The largest absolute Gasteiger partial charge is 0.488 e. The Hall–Kier alpha value is -0.800. The SMILES string of the molecule is CCCC(CNCC(C)C)Oc1ccc(F)cc1Cl. The molecule has 0 aliphatic heterocycles. The average molecular weight is 288 g/mol. The number of rotatable bonds is 8. The van der Waals surface area contributed by atoms with Crippen molar-refractivity contribution in [2.45, 2.75) is 39.7 Å². The normalized spacial score (nSPS) is 12.7. The molecule has 0 saturated carbocycles. The molecule has 4 heteroatoms. The van der Waals surface area contributed by atoms with Gasteiger partial charge in [0.1, 0.15) is 17.7 Å². The van der Waals surface area contributed by atoms with Crippen molar-refractivity contribution >= 4 is 11.6 Å². The van der Waals surface area contributed by atoms with Crippen LogP contribution in [0.3, 0.4) is 0 Å². The maximum absolute atomic E-state index is 13.0. The number of hydrogen-bond donors (Lipinski definition) is 1. The molecule has 1 rings (SSSR count). The minimum Gasteiger partial charge on any atom is -0.488 e. The third-order valence-corrected chi connectivity index (χ3v) is 3.02. The van der Waals surface area contributed by atoms with E-state index in [9.17, 15) is 4.39 Å². The molecule has 0 radical (unpaired) electrons. The van der Waals surface area contributed by atoms with Gasteiger partial charge in [-0.3, -0.25) is 0 Å². The molecule has 0 aromatic heterocycles. The number of halogens is 2. The van der Waals surface area contributed by atoms with Crippen LogP contribution in [0.2, 0.25) is 5.02 Å². The Kier molecular flexibility index (Phi) is 7.17. The van der Waals surface area contributed by atoms with E-state index in [-0.39, 0.29) is 11.9 Å². The van der Waals surface area contributed by atoms with Crippen LogP contribution < -0.4 is 10.1 Å². The van der Waals surface area contributed by atoms with E-state index in [1.165, 1.54) is 12.1 Å². The number of benzene rings is 1. The van der Waals surface area contributed by atoms with E-state index in [1.807, 2.05) is 0 Å². The number of nitrogens with one attached hydrogen (secondary N) is 1. The van der Waals surface area contributed by atoms with Crippen molar-refractivity contribution in [2.24, 2.45) is 5.92 Å². The Morgan fingerprint density at radius 3 is 2.63 bits per heavy atom. The Morgan fingerprint density at radius 2 is 2.05 bits per heavy atom. The predicted octanol–water partition coefficient (Wildman–Crippen LogP) is 4.27. The molecule has 0 spiro atoms. The van der Waals surface area contributed by atoms with Crippen LogP contribution in [0.4, 0.5) is 4.39 Å². The van der Waals surface area contributed by atoms with Crippen molar-refractivity contribution in [3.63, 3.8) is 0 Å². The van der Waals surface area contributed by atoms with Crippen LogP contribution in [0.15, 0.2) is 18.2 Å². The van der Waals surface area contributed by atoms with Crippen molar-refractivity contribution in [1.82, 2.24) is 5.32 Å². The van der Waals surface area contributed by atoms with Crippen LogP contribution in [0, 0.1) is 11.7 Å². The van der Waals surface area contributed by atoms with Gasteiger partial charge in [0.2, 0.25) is 0 Å². The summed E-state index contributed by atoms with van der Waals surface area (Å²) in [5.41, 5.74) is 0. The molecule has 0 aliphatic carbocycles. The summed E-state index contributed by atoms with van der Waals surface area (Å²) in [4.78, 5) is 0. The van der Waals surface area contributed by atoms with E-state index in [1.54, 1.807) is 6.07 Å². The molecule has 0 amide bonds. The van der Waals surface area contributed by atoms with Crippen molar-refractivity contribution in [3.8, 4) is 5.75 Å². The van der Waals surface area contributed by atoms with E-state index in [4.69, 9.17) is 16.3 Å². The highest BCUT2D eigenvalue weighted by atomic mass is 35.5. The van der Waals surface area contributed by atoms with Gasteiger partial charge in [0.25, 0.3) is 0 Å². The second kappa shape index (κ2) is 8.39. The monoisotopic (exact) mass is 287 g/mol. The van der Waals surface area contributed by atoms with Crippen molar-refractivity contribution in [2.75, 3.05) is 13.1 Å². The molecule has 1 N–H and O–H groups in total. The van der Waals surface area contributed by atoms with Gasteiger partial charge in [-0.1, -0.05) is 38.8 Å². The summed E-state index contributed by atoms with van der Waals surface area (Å²) in [6.45, 7) is 8.19. The number of hydrogen-bond acceptors (Lipinski definition) is 2. The first-order chi connectivity index (χ1) is 9.02. The molecule has 0 bridgehead atoms. The van der Waals surface area contributed by atoms with E-state index < -0.39 is 0 Å². The van der Waals surface area contributed by atoms with E-state index >= 15 is 0 Å². The lowest BCUT2D eigenvalue weighted by molar-refractivity contribution is 0.185. The lowest BCUT2D eigenvalue weighted by Crippen LogP contribution is -2.33. The fourth-order valence-corrected chi connectivity index (χ4v) is 2.02. The van der Waals surface area contributed by atoms with Gasteiger partial charge in [0.15, 0.2) is 0 Å². The molecule has 2 nitrogen and oxygen atoms in total. The first kappa shape index (κ1) is 16.3. The second-order valence-electron chi connectivity index (χ2n) is 5.16. The summed E-state index contributed by atoms with van der Waals surface area (Å²) < 4.78 is 18.8. The van der Waals surface area contributed by atoms with Gasteiger partial charge in [0, 0.05) is 6.54 Å². The molecule has 0 heterocycles. The van der Waals surface area contributed by atoms with Gasteiger partial charge in [-0.15, -0.1) is 0 Å². The highest BCUT2D eigenvalue weighted by Crippen LogP contribution is 2.26. The Morgan fingerprint density at radius 1 is 1.32 bits per heavy atom. The zero-order valence-electron chi connectivity index (χ0n) is 11.9. The standard InChI is InChI=1S/C15H23ClFNO/c1-4-5-13(10-18-9-11(2)3)19-15-7-6-12(17)8-14(15)16/h6-8,11,13,18H,4-5,9-10H2,1-3H3. The molecule has 1 aromatic rings. The van der Waals surface area contributed by atoms with Crippen molar-refractivity contribution in [3.05, 3.63) is 29.0 Å². The molecule has 1 aromatic carbocycles. The van der Waals surface area contributed by atoms with Crippen molar-refractivity contribution < 1.29 is 9.13 Å². The van der Waals surface area contributed by atoms with Gasteiger partial charge in [-0.25, -0.2) is 4.39 Å². The Balaban J connectivity index is 2.56. The summed E-state index contributed by atoms with van der Waals surface area (Å²) in [5, 5.41) is 3.70. The molecular weight excluding hydrogens is 265 g/mol. The average Bonchev–Trinajstić information content (AvgIpc) is 2.32. The highest BCUT2D eigenvalue weighted by Gasteiger charge is 2.12. The fourth-order valence-electron chi connectivity index (χ4n) is 1.81. The molecule has 0 fully saturated rings. The quantitative estimate of drug-likeness (QED) is 0.771. The van der Waals surface area contributed by atoms with Crippen LogP contribution in [-0.4, -0.2) is 19.2 Å². The fraction of sp³-hybridized carbons (Fsp3) is 0.600. The minimum absolute atomic E-state index is 0.0618. The molecule has 1 unspecified atom stereocenters. The lowest BCUT2D eigenvalue weighted by Gasteiger charge is -2.20. The summed E-state index contributed by atoms with van der Waals surface area (Å²) >= 11 is 5.97. The topological polar surface area (TPSA) is 21.3 Å². The molecule has 108 valence electrons. The Labute approximate surface area is 120 Å². The van der Waals surface area contributed by atoms with Gasteiger partial charge < -0.3 is 10.1 Å². The summed E-state index contributed by atoms with van der Waals surface area (Å²) in [6, 6.07) is 4.23. The van der Waals surface area contributed by atoms with Crippen LogP contribution in [0.25, 0.3) is 0 Å². The van der Waals surface area contributed by atoms with Gasteiger partial charge in [-0.05, 0) is 37.1 Å². The lowest BCUT2D eigenvalue weighted by atomic mass is 10.2. The third-order valence-electron chi connectivity index (χ3n) is 2.72. The molecule has 0 saturated heterocycles. The summed E-state index contributed by atoms with van der Waals surface area (Å²) in [7, 11) is 0. The van der Waals surface area contributed by atoms with E-state index in [0.29, 0.717) is 16.7 Å². The van der Waals surface area contributed by atoms with Crippen LogP contribution >= 0.6 is 11.6 Å². The molecule has 19 heavy (non-hydrogen) atoms. The molecule has 1 atom stereocenters. The molecular formula is C15H23ClFNO. The summed E-state index contributed by atoms with van der Waals surface area (Å²) in [5.74, 6) is 0.812. The van der Waals surface area contributed by atoms with Crippen LogP contribution in [-0.2, 0) is 0 Å². The summed E-state index contributed by atoms with van der Waals surface area (Å²) in [6.07, 6.45) is 2.04. The van der Waals surface area contributed by atoms with Gasteiger partial charge >= 0.3 is 0 Å². The van der Waals surface area contributed by atoms with Crippen LogP contribution in [0.1, 0.15) is 33.6 Å². The zero-order valence-corrected chi connectivity index (χ0v) is 12.6. The zero-order chi connectivity index (χ0) is 14.3. The number of ether oxygens (including phenoxy) is 1. The van der Waals surface area contributed by atoms with Crippen molar-refractivity contribution in [1.29, 1.82) is 0 Å². The van der Waals surface area contributed by atoms with E-state index in [0.717, 1.165) is 25.9 Å². The minimum atomic E-state index is -0.345. The highest BCUT2D eigenvalue weighted by molar-refractivity contribution is 6.32. The second-order valence-corrected chi connectivity index (χ2v) is 5.56. The van der Waals surface area contributed by atoms with Gasteiger partial charge in [0.05, 0.1) is 5.02 Å². The first-order valence-electron chi connectivity index (χ1n) is 6.85. The smallest absolute Gasteiger partial charge is 0.138 e. The third kappa shape index (κ3) is 6.26. The Bertz CT molecular complexity index is 384. The predicted molar refractivity (Wildman–Crippen MR) is 78.4 cm³/mol. The van der Waals surface area contributed by atoms with E-state index in [2.05, 4.69) is 26.1 Å².